The maximum absolute atomic E-state index is 13.1. The fourth-order valence-corrected chi connectivity index (χ4v) is 2.56. The molecular formula is C19H21ClFN3O2. The van der Waals surface area contributed by atoms with Crippen LogP contribution in [0.2, 0.25) is 5.02 Å². The highest BCUT2D eigenvalue weighted by atomic mass is 35.5. The first-order valence-corrected chi connectivity index (χ1v) is 8.50. The minimum atomic E-state index is -0.424. The highest BCUT2D eigenvalue weighted by Crippen LogP contribution is 2.16. The molecule has 0 spiro atoms. The Kier molecular flexibility index (Phi) is 7.12. The molecule has 138 valence electrons. The minimum absolute atomic E-state index is 0.0132. The van der Waals surface area contributed by atoms with Crippen LogP contribution in [0.3, 0.4) is 0 Å². The number of nitrogens with zero attached hydrogens (tertiary/aromatic N) is 1. The molecular weight excluding hydrogens is 357 g/mol. The molecule has 2 aromatic rings. The average molecular weight is 378 g/mol. The molecule has 0 radical (unpaired) electrons. The van der Waals surface area contributed by atoms with Gasteiger partial charge < -0.3 is 10.6 Å². The van der Waals surface area contributed by atoms with Crippen molar-refractivity contribution >= 4 is 29.1 Å². The largest absolute Gasteiger partial charge is 0.348 e. The molecule has 0 heterocycles. The number of carbonyl (C=O) groups excluding carboxylic acids is 2. The van der Waals surface area contributed by atoms with Gasteiger partial charge in [-0.2, -0.15) is 0 Å². The van der Waals surface area contributed by atoms with Crippen molar-refractivity contribution < 1.29 is 14.0 Å². The van der Waals surface area contributed by atoms with E-state index in [0.717, 1.165) is 5.56 Å². The number of halogens is 2. The quantitative estimate of drug-likeness (QED) is 0.778. The number of carbonyl (C=O) groups is 2. The Bertz CT molecular complexity index is 768. The summed E-state index contributed by atoms with van der Waals surface area (Å²) in [6.45, 7) is 1.95. The lowest BCUT2D eigenvalue weighted by atomic mass is 10.1. The molecule has 5 nitrogen and oxygen atoms in total. The number of benzene rings is 2. The first-order chi connectivity index (χ1) is 12.3. The van der Waals surface area contributed by atoms with Crippen molar-refractivity contribution in [3.8, 4) is 0 Å². The normalized spacial score (nSPS) is 11.9. The van der Waals surface area contributed by atoms with E-state index in [2.05, 4.69) is 10.6 Å². The molecule has 0 aliphatic heterocycles. The van der Waals surface area contributed by atoms with Crippen molar-refractivity contribution in [1.82, 2.24) is 10.2 Å². The number of hydrogen-bond acceptors (Lipinski definition) is 3. The number of amides is 2. The number of rotatable bonds is 7. The van der Waals surface area contributed by atoms with Crippen molar-refractivity contribution in [2.45, 2.75) is 13.0 Å². The van der Waals surface area contributed by atoms with Crippen LogP contribution in [0.25, 0.3) is 0 Å². The fourth-order valence-electron chi connectivity index (χ4n) is 2.43. The van der Waals surface area contributed by atoms with Crippen LogP contribution in [-0.4, -0.2) is 36.9 Å². The zero-order valence-electron chi connectivity index (χ0n) is 14.6. The van der Waals surface area contributed by atoms with Gasteiger partial charge in [-0.05, 0) is 49.9 Å². The van der Waals surface area contributed by atoms with Gasteiger partial charge in [-0.1, -0.05) is 29.8 Å². The Morgan fingerprint density at radius 3 is 2.42 bits per heavy atom. The molecule has 0 fully saturated rings. The van der Waals surface area contributed by atoms with Crippen LogP contribution >= 0.6 is 11.6 Å². The molecule has 26 heavy (non-hydrogen) atoms. The Hall–Kier alpha value is -2.44. The third-order valence-corrected chi connectivity index (χ3v) is 3.93. The van der Waals surface area contributed by atoms with Crippen LogP contribution in [0.1, 0.15) is 18.5 Å². The maximum atomic E-state index is 13.1. The highest BCUT2D eigenvalue weighted by Gasteiger charge is 2.14. The van der Waals surface area contributed by atoms with Crippen molar-refractivity contribution in [1.29, 1.82) is 0 Å². The van der Waals surface area contributed by atoms with Gasteiger partial charge in [0.2, 0.25) is 11.8 Å². The maximum Gasteiger partial charge on any atom is 0.238 e. The van der Waals surface area contributed by atoms with Crippen molar-refractivity contribution in [2.75, 3.05) is 25.5 Å². The number of hydrogen-bond donors (Lipinski definition) is 2. The number of likely N-dealkylation sites (N-methyl/N-ethyl adjacent to an activating group) is 1. The van der Waals surface area contributed by atoms with E-state index in [9.17, 15) is 14.0 Å². The Morgan fingerprint density at radius 2 is 1.77 bits per heavy atom. The van der Waals surface area contributed by atoms with E-state index in [1.807, 2.05) is 19.1 Å². The monoisotopic (exact) mass is 377 g/mol. The molecule has 0 saturated carbocycles. The van der Waals surface area contributed by atoms with Gasteiger partial charge in [-0.25, -0.2) is 4.39 Å². The van der Waals surface area contributed by atoms with Crippen LogP contribution < -0.4 is 10.6 Å². The first-order valence-electron chi connectivity index (χ1n) is 8.12. The number of anilines is 1. The van der Waals surface area contributed by atoms with Crippen molar-refractivity contribution in [3.63, 3.8) is 0 Å². The lowest BCUT2D eigenvalue weighted by Gasteiger charge is -2.19. The van der Waals surface area contributed by atoms with E-state index in [1.165, 1.54) is 18.2 Å². The minimum Gasteiger partial charge on any atom is -0.348 e. The smallest absolute Gasteiger partial charge is 0.238 e. The van der Waals surface area contributed by atoms with Gasteiger partial charge in [-0.15, -0.1) is 0 Å². The molecule has 2 rings (SSSR count). The summed E-state index contributed by atoms with van der Waals surface area (Å²) in [6.07, 6.45) is 0. The van der Waals surface area contributed by atoms with E-state index in [0.29, 0.717) is 10.7 Å². The second-order valence-corrected chi connectivity index (χ2v) is 6.51. The van der Waals surface area contributed by atoms with Gasteiger partial charge in [0.25, 0.3) is 0 Å². The van der Waals surface area contributed by atoms with Crippen LogP contribution in [-0.2, 0) is 9.59 Å². The Labute approximate surface area is 157 Å². The molecule has 0 bridgehead atoms. The van der Waals surface area contributed by atoms with Crippen LogP contribution in [0, 0.1) is 5.82 Å². The van der Waals surface area contributed by atoms with E-state index in [4.69, 9.17) is 11.6 Å². The van der Waals surface area contributed by atoms with Gasteiger partial charge in [0.1, 0.15) is 5.82 Å². The third kappa shape index (κ3) is 6.46. The molecule has 2 aromatic carbocycles. The average Bonchev–Trinajstić information content (AvgIpc) is 2.54. The summed E-state index contributed by atoms with van der Waals surface area (Å²) < 4.78 is 13.1. The molecule has 0 saturated heterocycles. The summed E-state index contributed by atoms with van der Waals surface area (Å²) in [6, 6.07) is 12.7. The van der Waals surface area contributed by atoms with E-state index in [-0.39, 0.29) is 30.9 Å². The van der Waals surface area contributed by atoms with Crippen LogP contribution in [0.5, 0.6) is 0 Å². The van der Waals surface area contributed by atoms with E-state index < -0.39 is 5.82 Å². The summed E-state index contributed by atoms with van der Waals surface area (Å²) in [5, 5.41) is 6.10. The Morgan fingerprint density at radius 1 is 1.12 bits per heavy atom. The van der Waals surface area contributed by atoms with Crippen LogP contribution in [0.4, 0.5) is 10.1 Å². The molecule has 0 unspecified atom stereocenters. The molecule has 1 atom stereocenters. The van der Waals surface area contributed by atoms with Crippen molar-refractivity contribution in [3.05, 3.63) is 64.9 Å². The molecule has 7 heteroatoms. The molecule has 0 aliphatic rings. The molecule has 0 aliphatic carbocycles. The SMILES string of the molecule is C[C@H](NC(=O)CN(C)CC(=O)Nc1cccc(F)c1)c1ccc(Cl)cc1. The summed E-state index contributed by atoms with van der Waals surface area (Å²) in [7, 11) is 1.66. The molecule has 0 aromatic heterocycles. The third-order valence-electron chi connectivity index (χ3n) is 3.68. The van der Waals surface area contributed by atoms with E-state index >= 15 is 0 Å². The highest BCUT2D eigenvalue weighted by molar-refractivity contribution is 6.30. The number of nitrogens with one attached hydrogen (secondary N) is 2. The van der Waals surface area contributed by atoms with Crippen molar-refractivity contribution in [2.24, 2.45) is 0 Å². The second-order valence-electron chi connectivity index (χ2n) is 6.07. The summed E-state index contributed by atoms with van der Waals surface area (Å²) in [5.74, 6) is -0.947. The summed E-state index contributed by atoms with van der Waals surface area (Å²) >= 11 is 5.85. The topological polar surface area (TPSA) is 61.4 Å². The standard InChI is InChI=1S/C19H21ClFN3O2/c1-13(14-6-8-15(20)9-7-14)22-18(25)11-24(2)12-19(26)23-17-5-3-4-16(21)10-17/h3-10,13H,11-12H2,1-2H3,(H,22,25)(H,23,26)/t13-/m0/s1. The fraction of sp³-hybridized carbons (Fsp3) is 0.263. The predicted octanol–water partition coefficient (Wildman–Crippen LogP) is 3.23. The van der Waals surface area contributed by atoms with Gasteiger partial charge in [0.05, 0.1) is 19.1 Å². The molecule has 2 amide bonds. The lowest BCUT2D eigenvalue weighted by molar-refractivity contribution is -0.123. The summed E-state index contributed by atoms with van der Waals surface area (Å²) in [5.41, 5.74) is 1.32. The Balaban J connectivity index is 1.79. The molecule has 2 N–H and O–H groups in total. The van der Waals surface area contributed by atoms with Gasteiger partial charge in [0.15, 0.2) is 0 Å². The zero-order valence-corrected chi connectivity index (χ0v) is 15.4. The zero-order chi connectivity index (χ0) is 19.1. The second kappa shape index (κ2) is 9.31. The van der Waals surface area contributed by atoms with E-state index in [1.54, 1.807) is 30.1 Å². The predicted molar refractivity (Wildman–Crippen MR) is 101 cm³/mol. The van der Waals surface area contributed by atoms with Crippen LogP contribution in [0.15, 0.2) is 48.5 Å². The van der Waals surface area contributed by atoms with Gasteiger partial charge in [0, 0.05) is 10.7 Å². The first kappa shape index (κ1) is 19.9. The lowest BCUT2D eigenvalue weighted by Crippen LogP contribution is -2.39. The van der Waals surface area contributed by atoms with Gasteiger partial charge in [-0.3, -0.25) is 14.5 Å². The summed E-state index contributed by atoms with van der Waals surface area (Å²) in [4.78, 5) is 25.7. The van der Waals surface area contributed by atoms with Gasteiger partial charge >= 0.3 is 0 Å².